The maximum atomic E-state index is 11.8. The molecule has 4 nitrogen and oxygen atoms in total. The van der Waals surface area contributed by atoms with Crippen LogP contribution in [0.3, 0.4) is 0 Å². The van der Waals surface area contributed by atoms with Crippen molar-refractivity contribution >= 4 is 23.4 Å². The first kappa shape index (κ1) is 16.3. The van der Waals surface area contributed by atoms with E-state index in [4.69, 9.17) is 4.74 Å². The number of thioether (sulfide) groups is 1. The van der Waals surface area contributed by atoms with Crippen LogP contribution in [-0.2, 0) is 9.53 Å². The summed E-state index contributed by atoms with van der Waals surface area (Å²) in [5.41, 5.74) is 2.08. The Balaban J connectivity index is 1.53. The molecule has 0 spiro atoms. The monoisotopic (exact) mass is 308 g/mol. The zero-order valence-electron chi connectivity index (χ0n) is 12.6. The van der Waals surface area contributed by atoms with Gasteiger partial charge >= 0.3 is 0 Å². The molecule has 0 bridgehead atoms. The zero-order chi connectivity index (χ0) is 14.9. The largest absolute Gasteiger partial charge is 0.379 e. The van der Waals surface area contributed by atoms with Gasteiger partial charge in [0.05, 0.1) is 13.2 Å². The summed E-state index contributed by atoms with van der Waals surface area (Å²) in [6.07, 6.45) is 0.571. The van der Waals surface area contributed by atoms with Crippen molar-refractivity contribution in [1.29, 1.82) is 0 Å². The highest BCUT2D eigenvalue weighted by atomic mass is 32.2. The van der Waals surface area contributed by atoms with E-state index in [1.54, 1.807) is 0 Å². The highest BCUT2D eigenvalue weighted by Crippen LogP contribution is 2.10. The summed E-state index contributed by atoms with van der Waals surface area (Å²) in [7, 11) is 0. The summed E-state index contributed by atoms with van der Waals surface area (Å²) in [6, 6.07) is 7.90. The number of hydrogen-bond acceptors (Lipinski definition) is 4. The van der Waals surface area contributed by atoms with Gasteiger partial charge in [0.15, 0.2) is 0 Å². The number of morpholine rings is 1. The lowest BCUT2D eigenvalue weighted by Crippen LogP contribution is -2.37. The third-order valence-electron chi connectivity index (χ3n) is 3.46. The van der Waals surface area contributed by atoms with Gasteiger partial charge in [0.2, 0.25) is 5.91 Å². The van der Waals surface area contributed by atoms with Gasteiger partial charge in [0.1, 0.15) is 0 Å². The molecule has 2 rings (SSSR count). The number of aryl methyl sites for hydroxylation is 1. The van der Waals surface area contributed by atoms with Gasteiger partial charge in [-0.25, -0.2) is 0 Å². The second-order valence-electron chi connectivity index (χ2n) is 5.23. The van der Waals surface area contributed by atoms with Crippen LogP contribution in [0.5, 0.6) is 0 Å². The Morgan fingerprint density at radius 3 is 2.67 bits per heavy atom. The van der Waals surface area contributed by atoms with E-state index in [2.05, 4.69) is 10.2 Å². The van der Waals surface area contributed by atoms with Gasteiger partial charge in [-0.1, -0.05) is 17.7 Å². The Kier molecular flexibility index (Phi) is 7.06. The van der Waals surface area contributed by atoms with Crippen LogP contribution in [0.15, 0.2) is 24.3 Å². The Morgan fingerprint density at radius 2 is 1.95 bits per heavy atom. The standard InChI is InChI=1S/C16H24N2O2S/c1-14-2-4-15(5-3-14)17-16(19)6-12-21-13-9-18-7-10-20-11-8-18/h2-5H,6-13H2,1H3,(H,17,19). The van der Waals surface area contributed by atoms with Gasteiger partial charge in [-0.15, -0.1) is 0 Å². The third-order valence-corrected chi connectivity index (χ3v) is 4.43. The van der Waals surface area contributed by atoms with Crippen molar-refractivity contribution in [3.05, 3.63) is 29.8 Å². The Hall–Kier alpha value is -1.04. The quantitative estimate of drug-likeness (QED) is 0.785. The fourth-order valence-corrected chi connectivity index (χ4v) is 3.07. The molecule has 1 fully saturated rings. The summed E-state index contributed by atoms with van der Waals surface area (Å²) in [6.45, 7) is 6.90. The minimum atomic E-state index is 0.0951. The molecule has 5 heteroatoms. The lowest BCUT2D eigenvalue weighted by atomic mass is 10.2. The van der Waals surface area contributed by atoms with Crippen LogP contribution < -0.4 is 5.32 Å². The van der Waals surface area contributed by atoms with Crippen LogP contribution in [0.4, 0.5) is 5.69 Å². The first-order valence-electron chi connectivity index (χ1n) is 7.48. The number of hydrogen-bond donors (Lipinski definition) is 1. The molecule has 21 heavy (non-hydrogen) atoms. The molecule has 0 radical (unpaired) electrons. The van der Waals surface area contributed by atoms with Crippen LogP contribution in [0.25, 0.3) is 0 Å². The second kappa shape index (κ2) is 9.07. The van der Waals surface area contributed by atoms with E-state index in [-0.39, 0.29) is 5.91 Å². The molecule has 0 saturated carbocycles. The highest BCUT2D eigenvalue weighted by molar-refractivity contribution is 7.99. The van der Waals surface area contributed by atoms with E-state index in [0.29, 0.717) is 6.42 Å². The van der Waals surface area contributed by atoms with E-state index in [9.17, 15) is 4.79 Å². The topological polar surface area (TPSA) is 41.6 Å². The predicted octanol–water partition coefficient (Wildman–Crippen LogP) is 2.39. The Morgan fingerprint density at radius 1 is 1.24 bits per heavy atom. The number of amides is 1. The first-order chi connectivity index (χ1) is 10.2. The smallest absolute Gasteiger partial charge is 0.225 e. The molecule has 1 aromatic rings. The summed E-state index contributed by atoms with van der Waals surface area (Å²) >= 11 is 1.84. The van der Waals surface area contributed by atoms with Gasteiger partial charge in [-0.05, 0) is 19.1 Å². The maximum Gasteiger partial charge on any atom is 0.225 e. The Labute approximate surface area is 131 Å². The lowest BCUT2D eigenvalue weighted by Gasteiger charge is -2.26. The third kappa shape index (κ3) is 6.50. The fraction of sp³-hybridized carbons (Fsp3) is 0.562. The minimum absolute atomic E-state index is 0.0951. The van der Waals surface area contributed by atoms with Crippen molar-refractivity contribution in [2.45, 2.75) is 13.3 Å². The molecule has 1 aliphatic heterocycles. The fourth-order valence-electron chi connectivity index (χ4n) is 2.15. The van der Waals surface area contributed by atoms with Crippen molar-refractivity contribution in [3.8, 4) is 0 Å². The van der Waals surface area contributed by atoms with E-state index in [0.717, 1.165) is 50.0 Å². The summed E-state index contributed by atoms with van der Waals surface area (Å²) in [5, 5.41) is 2.93. The van der Waals surface area contributed by atoms with Crippen LogP contribution in [0, 0.1) is 6.92 Å². The molecule has 1 aliphatic rings. The second-order valence-corrected chi connectivity index (χ2v) is 6.46. The Bertz CT molecular complexity index is 430. The van der Waals surface area contributed by atoms with Crippen molar-refractivity contribution in [2.75, 3.05) is 49.7 Å². The maximum absolute atomic E-state index is 11.8. The molecular weight excluding hydrogens is 284 g/mol. The average molecular weight is 308 g/mol. The number of benzene rings is 1. The molecule has 1 saturated heterocycles. The minimum Gasteiger partial charge on any atom is -0.379 e. The molecule has 1 heterocycles. The van der Waals surface area contributed by atoms with Gasteiger partial charge in [0, 0.05) is 43.2 Å². The molecule has 1 amide bonds. The molecular formula is C16H24N2O2S. The van der Waals surface area contributed by atoms with Gasteiger partial charge < -0.3 is 10.1 Å². The number of nitrogens with zero attached hydrogens (tertiary/aromatic N) is 1. The van der Waals surface area contributed by atoms with Crippen LogP contribution >= 0.6 is 11.8 Å². The summed E-state index contributed by atoms with van der Waals surface area (Å²) in [4.78, 5) is 14.2. The van der Waals surface area contributed by atoms with Crippen molar-refractivity contribution < 1.29 is 9.53 Å². The van der Waals surface area contributed by atoms with Crippen LogP contribution in [-0.4, -0.2) is 55.2 Å². The van der Waals surface area contributed by atoms with Crippen LogP contribution in [0.1, 0.15) is 12.0 Å². The SMILES string of the molecule is Cc1ccc(NC(=O)CCSCCN2CCOCC2)cc1. The van der Waals surface area contributed by atoms with E-state index >= 15 is 0 Å². The van der Waals surface area contributed by atoms with Crippen molar-refractivity contribution in [1.82, 2.24) is 4.90 Å². The van der Waals surface area contributed by atoms with Crippen molar-refractivity contribution in [2.24, 2.45) is 0 Å². The zero-order valence-corrected chi connectivity index (χ0v) is 13.5. The molecule has 0 aliphatic carbocycles. The number of ether oxygens (including phenoxy) is 1. The molecule has 0 atom stereocenters. The predicted molar refractivity (Wildman–Crippen MR) is 89.0 cm³/mol. The number of rotatable bonds is 7. The summed E-state index contributed by atoms with van der Waals surface area (Å²) in [5.74, 6) is 2.05. The van der Waals surface area contributed by atoms with Crippen molar-refractivity contribution in [3.63, 3.8) is 0 Å². The number of carbonyl (C=O) groups excluding carboxylic acids is 1. The molecule has 1 aromatic carbocycles. The van der Waals surface area contributed by atoms with Gasteiger partial charge in [0.25, 0.3) is 0 Å². The molecule has 0 unspecified atom stereocenters. The van der Waals surface area contributed by atoms with Crippen LogP contribution in [0.2, 0.25) is 0 Å². The van der Waals surface area contributed by atoms with E-state index in [1.165, 1.54) is 5.56 Å². The summed E-state index contributed by atoms with van der Waals surface area (Å²) < 4.78 is 5.32. The average Bonchev–Trinajstić information content (AvgIpc) is 2.50. The van der Waals surface area contributed by atoms with Gasteiger partial charge in [-0.2, -0.15) is 11.8 Å². The molecule has 0 aromatic heterocycles. The first-order valence-corrected chi connectivity index (χ1v) is 8.64. The highest BCUT2D eigenvalue weighted by Gasteiger charge is 2.09. The number of nitrogens with one attached hydrogen (secondary N) is 1. The van der Waals surface area contributed by atoms with E-state index in [1.807, 2.05) is 43.0 Å². The van der Waals surface area contributed by atoms with E-state index < -0.39 is 0 Å². The number of anilines is 1. The normalized spacial score (nSPS) is 15.9. The number of carbonyl (C=O) groups is 1. The van der Waals surface area contributed by atoms with Gasteiger partial charge in [-0.3, -0.25) is 9.69 Å². The molecule has 1 N–H and O–H groups in total. The lowest BCUT2D eigenvalue weighted by molar-refractivity contribution is -0.115. The molecule has 116 valence electrons.